The first-order chi connectivity index (χ1) is 10.9. The predicted molar refractivity (Wildman–Crippen MR) is 79.7 cm³/mol. The molecule has 3 nitrogen and oxygen atoms in total. The van der Waals surface area contributed by atoms with E-state index < -0.39 is 24.9 Å². The third kappa shape index (κ3) is 5.75. The Hall–Kier alpha value is -1.18. The van der Waals surface area contributed by atoms with Gasteiger partial charge in [-0.15, -0.1) is 0 Å². The quantitative estimate of drug-likeness (QED) is 0.810. The summed E-state index contributed by atoms with van der Waals surface area (Å²) in [6.45, 7) is 2.27. The van der Waals surface area contributed by atoms with Gasteiger partial charge in [0.25, 0.3) is 0 Å². The summed E-state index contributed by atoms with van der Waals surface area (Å²) in [5.74, 6) is -3.97. The number of rotatable bonds is 6. The van der Waals surface area contributed by atoms with Crippen LogP contribution in [0.2, 0.25) is 0 Å². The molecule has 7 heteroatoms. The van der Waals surface area contributed by atoms with Gasteiger partial charge in [-0.1, -0.05) is 30.3 Å². The molecule has 23 heavy (non-hydrogen) atoms. The Labute approximate surface area is 133 Å². The summed E-state index contributed by atoms with van der Waals surface area (Å²) in [4.78, 5) is 3.68. The molecule has 0 radical (unpaired) electrons. The van der Waals surface area contributed by atoms with Gasteiger partial charge in [-0.3, -0.25) is 9.80 Å². The molecule has 0 bridgehead atoms. The first kappa shape index (κ1) is 18.2. The van der Waals surface area contributed by atoms with Gasteiger partial charge in [0.05, 0.1) is 6.10 Å². The van der Waals surface area contributed by atoms with E-state index in [0.29, 0.717) is 26.2 Å². The Morgan fingerprint density at radius 2 is 1.70 bits per heavy atom. The van der Waals surface area contributed by atoms with E-state index in [0.717, 1.165) is 5.56 Å². The van der Waals surface area contributed by atoms with Crippen molar-refractivity contribution in [3.8, 4) is 0 Å². The number of alkyl halides is 4. The number of benzene rings is 1. The number of β-amino-alcohol motifs (C(OH)–C–C–N with tert-alkyl or cyclic N) is 1. The van der Waals surface area contributed by atoms with Crippen molar-refractivity contribution >= 4 is 0 Å². The van der Waals surface area contributed by atoms with Crippen LogP contribution in [-0.4, -0.2) is 66.1 Å². The van der Waals surface area contributed by atoms with Crippen LogP contribution in [0.1, 0.15) is 12.0 Å². The van der Waals surface area contributed by atoms with Crippen molar-refractivity contribution in [2.45, 2.75) is 31.4 Å². The lowest BCUT2D eigenvalue weighted by Gasteiger charge is -2.24. The maximum absolute atomic E-state index is 13.0. The van der Waals surface area contributed by atoms with Crippen LogP contribution < -0.4 is 0 Å². The molecule has 0 saturated carbocycles. The minimum absolute atomic E-state index is 0.145. The van der Waals surface area contributed by atoms with Crippen LogP contribution in [-0.2, 0) is 6.54 Å². The van der Waals surface area contributed by atoms with E-state index in [2.05, 4.69) is 0 Å². The van der Waals surface area contributed by atoms with E-state index in [1.807, 2.05) is 35.2 Å². The first-order valence-electron chi connectivity index (χ1n) is 7.69. The van der Waals surface area contributed by atoms with Crippen molar-refractivity contribution in [2.24, 2.45) is 0 Å². The molecule has 1 aromatic rings. The second-order valence-corrected chi connectivity index (χ2v) is 5.99. The highest BCUT2D eigenvalue weighted by Gasteiger charge is 2.40. The van der Waals surface area contributed by atoms with Gasteiger partial charge in [-0.25, -0.2) is 17.6 Å². The molecule has 1 heterocycles. The van der Waals surface area contributed by atoms with Gasteiger partial charge in [-0.2, -0.15) is 0 Å². The molecule has 0 spiro atoms. The Kier molecular flexibility index (Phi) is 6.38. The van der Waals surface area contributed by atoms with E-state index in [1.165, 1.54) is 0 Å². The van der Waals surface area contributed by atoms with Gasteiger partial charge in [-0.05, 0) is 5.56 Å². The van der Waals surface area contributed by atoms with Gasteiger partial charge in [0.15, 0.2) is 0 Å². The van der Waals surface area contributed by atoms with Crippen molar-refractivity contribution < 1.29 is 22.7 Å². The van der Waals surface area contributed by atoms with Gasteiger partial charge in [0.2, 0.25) is 0 Å². The van der Waals surface area contributed by atoms with Crippen LogP contribution in [0, 0.1) is 0 Å². The normalized spacial score (nSPS) is 21.6. The SMILES string of the molecule is O[C@@H]1CN(CCC(F)(F)C(F)F)CCN(Cc2ccccc2)C1. The molecule has 1 aliphatic rings. The highest BCUT2D eigenvalue weighted by atomic mass is 19.3. The van der Waals surface area contributed by atoms with Crippen LogP contribution in [0.15, 0.2) is 30.3 Å². The average molecular weight is 334 g/mol. The Morgan fingerprint density at radius 1 is 1.09 bits per heavy atom. The lowest BCUT2D eigenvalue weighted by atomic mass is 10.2. The number of halogens is 4. The fourth-order valence-electron chi connectivity index (χ4n) is 2.72. The molecule has 1 N–H and O–H groups in total. The van der Waals surface area contributed by atoms with Crippen LogP contribution in [0.25, 0.3) is 0 Å². The van der Waals surface area contributed by atoms with Crippen LogP contribution in [0.5, 0.6) is 0 Å². The summed E-state index contributed by atoms with van der Waals surface area (Å²) >= 11 is 0. The van der Waals surface area contributed by atoms with Crippen molar-refractivity contribution in [3.63, 3.8) is 0 Å². The minimum atomic E-state index is -3.97. The van der Waals surface area contributed by atoms with Crippen molar-refractivity contribution in [1.82, 2.24) is 9.80 Å². The summed E-state index contributed by atoms with van der Waals surface area (Å²) in [7, 11) is 0. The summed E-state index contributed by atoms with van der Waals surface area (Å²) in [5.41, 5.74) is 1.11. The summed E-state index contributed by atoms with van der Waals surface area (Å²) in [5, 5.41) is 10.0. The highest BCUT2D eigenvalue weighted by molar-refractivity contribution is 5.14. The van der Waals surface area contributed by atoms with Crippen molar-refractivity contribution in [3.05, 3.63) is 35.9 Å². The Balaban J connectivity index is 1.85. The Bertz CT molecular complexity index is 472. The predicted octanol–water partition coefficient (Wildman–Crippen LogP) is 2.46. The molecule has 0 aliphatic carbocycles. The highest BCUT2D eigenvalue weighted by Crippen LogP contribution is 2.27. The molecule has 1 atom stereocenters. The lowest BCUT2D eigenvalue weighted by Crippen LogP contribution is -2.38. The zero-order valence-electron chi connectivity index (χ0n) is 12.8. The smallest absolute Gasteiger partial charge is 0.308 e. The van der Waals surface area contributed by atoms with Crippen LogP contribution in [0.3, 0.4) is 0 Å². The molecule has 0 unspecified atom stereocenters. The van der Waals surface area contributed by atoms with E-state index in [-0.39, 0.29) is 13.1 Å². The fraction of sp³-hybridized carbons (Fsp3) is 0.625. The molecule has 1 aromatic carbocycles. The molecule has 1 saturated heterocycles. The second-order valence-electron chi connectivity index (χ2n) is 5.99. The van der Waals surface area contributed by atoms with Crippen LogP contribution in [0.4, 0.5) is 17.6 Å². The largest absolute Gasteiger partial charge is 0.390 e. The van der Waals surface area contributed by atoms with Gasteiger partial charge in [0, 0.05) is 45.7 Å². The molecule has 2 rings (SSSR count). The zero-order chi connectivity index (χ0) is 16.9. The summed E-state index contributed by atoms with van der Waals surface area (Å²) in [6, 6.07) is 9.76. The maximum Gasteiger partial charge on any atom is 0.308 e. The molecule has 130 valence electrons. The molecular formula is C16H22F4N2O. The number of aliphatic hydroxyl groups is 1. The summed E-state index contributed by atoms with van der Waals surface area (Å²) < 4.78 is 50.4. The van der Waals surface area contributed by atoms with Gasteiger partial charge >= 0.3 is 12.3 Å². The number of hydrogen-bond donors (Lipinski definition) is 1. The van der Waals surface area contributed by atoms with E-state index in [4.69, 9.17) is 0 Å². The van der Waals surface area contributed by atoms with Gasteiger partial charge in [0.1, 0.15) is 0 Å². The molecular weight excluding hydrogens is 312 g/mol. The third-order valence-corrected chi connectivity index (χ3v) is 4.00. The minimum Gasteiger partial charge on any atom is -0.390 e. The zero-order valence-corrected chi connectivity index (χ0v) is 12.8. The van der Waals surface area contributed by atoms with Gasteiger partial charge < -0.3 is 5.11 Å². The molecule has 0 amide bonds. The lowest BCUT2D eigenvalue weighted by molar-refractivity contribution is -0.135. The third-order valence-electron chi connectivity index (χ3n) is 4.00. The van der Waals surface area contributed by atoms with Crippen molar-refractivity contribution in [2.75, 3.05) is 32.7 Å². The monoisotopic (exact) mass is 334 g/mol. The summed E-state index contributed by atoms with van der Waals surface area (Å²) in [6.07, 6.45) is -5.22. The maximum atomic E-state index is 13.0. The molecule has 1 fully saturated rings. The fourth-order valence-corrected chi connectivity index (χ4v) is 2.72. The van der Waals surface area contributed by atoms with E-state index in [9.17, 15) is 22.7 Å². The number of aliphatic hydroxyl groups excluding tert-OH is 1. The van der Waals surface area contributed by atoms with Crippen LogP contribution >= 0.6 is 0 Å². The number of nitrogens with zero attached hydrogens (tertiary/aromatic N) is 2. The van der Waals surface area contributed by atoms with Crippen molar-refractivity contribution in [1.29, 1.82) is 0 Å². The Morgan fingerprint density at radius 3 is 2.35 bits per heavy atom. The first-order valence-corrected chi connectivity index (χ1v) is 7.69. The number of hydrogen-bond acceptors (Lipinski definition) is 3. The van der Waals surface area contributed by atoms with E-state index >= 15 is 0 Å². The second kappa shape index (κ2) is 8.08. The topological polar surface area (TPSA) is 26.7 Å². The average Bonchev–Trinajstić information content (AvgIpc) is 2.67. The van der Waals surface area contributed by atoms with E-state index in [1.54, 1.807) is 4.90 Å². The molecule has 0 aromatic heterocycles. The standard InChI is InChI=1S/C16H22F4N2O/c17-15(18)16(19,20)6-7-21-8-9-22(12-14(23)11-21)10-13-4-2-1-3-5-13/h1-5,14-15,23H,6-12H2/t14-/m1/s1. The molecule has 1 aliphatic heterocycles.